The summed E-state index contributed by atoms with van der Waals surface area (Å²) in [6, 6.07) is 6.69. The molecule has 0 saturated carbocycles. The molecule has 0 spiro atoms. The molecule has 0 aliphatic heterocycles. The predicted molar refractivity (Wildman–Crippen MR) is 99.3 cm³/mol. The molecule has 0 fully saturated rings. The number of ketones is 1. The highest BCUT2D eigenvalue weighted by molar-refractivity contribution is 9.10. The fourth-order valence-electron chi connectivity index (χ4n) is 1.50. The molecule has 1 aromatic carbocycles. The van der Waals surface area contributed by atoms with Gasteiger partial charge in [0, 0.05) is 16.1 Å². The molecule has 1 N–H and O–H groups in total. The van der Waals surface area contributed by atoms with Gasteiger partial charge in [0.2, 0.25) is 0 Å². The van der Waals surface area contributed by atoms with Crippen LogP contribution >= 0.6 is 33.0 Å². The van der Waals surface area contributed by atoms with E-state index < -0.39 is 17.4 Å². The molecule has 0 unspecified atom stereocenters. The van der Waals surface area contributed by atoms with Gasteiger partial charge in [0.15, 0.2) is 5.78 Å². The zero-order valence-corrected chi connectivity index (χ0v) is 16.6. The first-order valence-corrected chi connectivity index (χ1v) is 11.5. The van der Waals surface area contributed by atoms with Crippen LogP contribution in [-0.2, 0) is 25.6 Å². The van der Waals surface area contributed by atoms with Crippen LogP contribution in [0.4, 0.5) is 0 Å². The summed E-state index contributed by atoms with van der Waals surface area (Å²) in [4.78, 5) is 23.5. The molecule has 5 nitrogen and oxygen atoms in total. The number of benzene rings is 1. The second-order valence-corrected chi connectivity index (χ2v) is 11.1. The van der Waals surface area contributed by atoms with E-state index in [2.05, 4.69) is 15.9 Å². The molecule has 0 atom stereocenters. The smallest absolute Gasteiger partial charge is 0.342 e. The minimum atomic E-state index is -2.85. The standard InChI is InChI=1S/C14H16BrO5PS2/c1-3-19-21(22,20-4-2)23-13(14(17)18)9-12(16)10-6-5-7-11(15)8-10/h5-9H,3-4H2,1-2H3,(H,17,18)/b13-9-. The maximum Gasteiger partial charge on any atom is 0.342 e. The summed E-state index contributed by atoms with van der Waals surface area (Å²) in [5, 5.41) is 9.33. The lowest BCUT2D eigenvalue weighted by Crippen LogP contribution is -2.03. The molecule has 0 aromatic heterocycles. The number of carbonyl (C=O) groups is 2. The van der Waals surface area contributed by atoms with Crippen molar-refractivity contribution in [1.82, 2.24) is 0 Å². The van der Waals surface area contributed by atoms with Crippen molar-refractivity contribution < 1.29 is 23.7 Å². The summed E-state index contributed by atoms with van der Waals surface area (Å²) in [6.07, 6.45) is 1.05. The van der Waals surface area contributed by atoms with E-state index in [1.54, 1.807) is 38.1 Å². The molecule has 23 heavy (non-hydrogen) atoms. The largest absolute Gasteiger partial charge is 0.477 e. The van der Waals surface area contributed by atoms with Gasteiger partial charge in [-0.15, -0.1) is 0 Å². The molecule has 0 aliphatic rings. The average molecular weight is 439 g/mol. The number of carboxylic acids is 1. The van der Waals surface area contributed by atoms with Crippen LogP contribution in [0.3, 0.4) is 0 Å². The molecule has 126 valence electrons. The van der Waals surface area contributed by atoms with Gasteiger partial charge < -0.3 is 14.2 Å². The Balaban J connectivity index is 3.08. The van der Waals surface area contributed by atoms with Crippen LogP contribution in [0.1, 0.15) is 24.2 Å². The molecular formula is C14H16BrO5PS2. The van der Waals surface area contributed by atoms with Crippen molar-refractivity contribution in [1.29, 1.82) is 0 Å². The quantitative estimate of drug-likeness (QED) is 0.342. The summed E-state index contributed by atoms with van der Waals surface area (Å²) < 4.78 is 11.5. The second-order valence-electron chi connectivity index (χ2n) is 4.06. The normalized spacial score (nSPS) is 12.2. The van der Waals surface area contributed by atoms with Gasteiger partial charge in [0.1, 0.15) is 4.91 Å². The zero-order valence-electron chi connectivity index (χ0n) is 12.5. The number of halogens is 1. The molecule has 1 rings (SSSR count). The Morgan fingerprint density at radius 3 is 2.43 bits per heavy atom. The Labute approximate surface area is 152 Å². The van der Waals surface area contributed by atoms with E-state index in [1.807, 2.05) is 0 Å². The maximum absolute atomic E-state index is 12.2. The number of carboxylic acid groups (broad SMARTS) is 1. The Morgan fingerprint density at radius 2 is 1.96 bits per heavy atom. The van der Waals surface area contributed by atoms with Gasteiger partial charge in [-0.2, -0.15) is 0 Å². The van der Waals surface area contributed by atoms with Crippen LogP contribution < -0.4 is 0 Å². The third-order valence-electron chi connectivity index (χ3n) is 2.37. The van der Waals surface area contributed by atoms with Crippen molar-refractivity contribution >= 4 is 56.6 Å². The lowest BCUT2D eigenvalue weighted by atomic mass is 10.1. The SMILES string of the molecule is CCOP(=S)(OCC)S/C(=C\C(=O)c1cccc(Br)c1)C(=O)O. The summed E-state index contributed by atoms with van der Waals surface area (Å²) >= 11 is 9.35. The van der Waals surface area contributed by atoms with Crippen molar-refractivity contribution in [3.05, 3.63) is 45.3 Å². The average Bonchev–Trinajstić information content (AvgIpc) is 2.46. The third-order valence-corrected chi connectivity index (χ3v) is 7.92. The van der Waals surface area contributed by atoms with E-state index in [0.717, 1.165) is 21.9 Å². The van der Waals surface area contributed by atoms with Crippen molar-refractivity contribution in [2.45, 2.75) is 13.8 Å². The topological polar surface area (TPSA) is 72.8 Å². The highest BCUT2D eigenvalue weighted by Crippen LogP contribution is 2.63. The van der Waals surface area contributed by atoms with Gasteiger partial charge in [-0.05, 0) is 49.2 Å². The van der Waals surface area contributed by atoms with Crippen LogP contribution in [-0.4, -0.2) is 30.1 Å². The number of aliphatic carboxylic acids is 1. The summed E-state index contributed by atoms with van der Waals surface area (Å²) in [5.41, 5.74) is -2.47. The van der Waals surface area contributed by atoms with Gasteiger partial charge in [0.05, 0.1) is 13.2 Å². The van der Waals surface area contributed by atoms with E-state index in [1.165, 1.54) is 0 Å². The number of allylic oxidation sites excluding steroid dienone is 1. The lowest BCUT2D eigenvalue weighted by molar-refractivity contribution is -0.131. The fourth-order valence-corrected chi connectivity index (χ4v) is 6.61. The Kier molecular flexibility index (Phi) is 8.68. The van der Waals surface area contributed by atoms with Crippen molar-refractivity contribution in [2.75, 3.05) is 13.2 Å². The molecule has 1 aromatic rings. The van der Waals surface area contributed by atoms with Gasteiger partial charge in [0.25, 0.3) is 5.69 Å². The molecular weight excluding hydrogens is 423 g/mol. The zero-order chi connectivity index (χ0) is 17.5. The Hall–Kier alpha value is -0.500. The van der Waals surface area contributed by atoms with Crippen molar-refractivity contribution in [3.8, 4) is 0 Å². The Bertz CT molecular complexity index is 652. The number of hydrogen-bond acceptors (Lipinski definition) is 6. The first-order valence-electron chi connectivity index (χ1n) is 6.65. The van der Waals surface area contributed by atoms with Crippen LogP contribution in [0.2, 0.25) is 0 Å². The van der Waals surface area contributed by atoms with E-state index in [0.29, 0.717) is 18.8 Å². The van der Waals surface area contributed by atoms with Crippen LogP contribution in [0, 0.1) is 0 Å². The third kappa shape index (κ3) is 6.87. The van der Waals surface area contributed by atoms with E-state index in [9.17, 15) is 14.7 Å². The molecule has 0 saturated heterocycles. The second kappa shape index (κ2) is 9.71. The van der Waals surface area contributed by atoms with Crippen molar-refractivity contribution in [3.63, 3.8) is 0 Å². The van der Waals surface area contributed by atoms with Crippen LogP contribution in [0.15, 0.2) is 39.7 Å². The summed E-state index contributed by atoms with van der Waals surface area (Å²) in [5.74, 6) is -1.67. The minimum absolute atomic E-state index is 0.194. The van der Waals surface area contributed by atoms with Gasteiger partial charge in [-0.25, -0.2) is 4.79 Å². The lowest BCUT2D eigenvalue weighted by Gasteiger charge is -2.19. The van der Waals surface area contributed by atoms with Crippen LogP contribution in [0.25, 0.3) is 0 Å². The summed E-state index contributed by atoms with van der Waals surface area (Å²) in [7, 11) is 0. The number of rotatable bonds is 9. The van der Waals surface area contributed by atoms with E-state index in [-0.39, 0.29) is 4.91 Å². The molecule has 9 heteroatoms. The van der Waals surface area contributed by atoms with Crippen molar-refractivity contribution in [2.24, 2.45) is 0 Å². The summed E-state index contributed by atoms with van der Waals surface area (Å²) in [6.45, 7) is 4.10. The first-order chi connectivity index (χ1) is 10.8. The van der Waals surface area contributed by atoms with Gasteiger partial charge >= 0.3 is 5.97 Å². The monoisotopic (exact) mass is 438 g/mol. The van der Waals surface area contributed by atoms with E-state index >= 15 is 0 Å². The molecule has 0 radical (unpaired) electrons. The first kappa shape index (κ1) is 20.5. The number of carbonyl (C=O) groups excluding carboxylic acids is 1. The molecule has 0 bridgehead atoms. The minimum Gasteiger partial charge on any atom is -0.477 e. The fraction of sp³-hybridized carbons (Fsp3) is 0.286. The highest BCUT2D eigenvalue weighted by atomic mass is 79.9. The maximum atomic E-state index is 12.2. The molecule has 0 heterocycles. The van der Waals surface area contributed by atoms with Gasteiger partial charge in [-0.1, -0.05) is 28.1 Å². The number of hydrogen-bond donors (Lipinski definition) is 1. The highest BCUT2D eigenvalue weighted by Gasteiger charge is 2.25. The molecule has 0 aliphatic carbocycles. The van der Waals surface area contributed by atoms with E-state index in [4.69, 9.17) is 20.9 Å². The molecule has 0 amide bonds. The predicted octanol–water partition coefficient (Wildman–Crippen LogP) is 4.63. The van der Waals surface area contributed by atoms with Gasteiger partial charge in [-0.3, -0.25) is 4.79 Å². The van der Waals surface area contributed by atoms with Crippen LogP contribution in [0.5, 0.6) is 0 Å². The Morgan fingerprint density at radius 1 is 1.35 bits per heavy atom.